The van der Waals surface area contributed by atoms with Crippen molar-refractivity contribution in [2.75, 3.05) is 5.32 Å². The van der Waals surface area contributed by atoms with Gasteiger partial charge in [0.05, 0.1) is 0 Å². The van der Waals surface area contributed by atoms with E-state index in [4.69, 9.17) is 11.6 Å². The maximum absolute atomic E-state index is 11.9. The third-order valence-corrected chi connectivity index (χ3v) is 3.88. The molecule has 3 rings (SSSR count). The van der Waals surface area contributed by atoms with Crippen LogP contribution in [-0.2, 0) is 4.79 Å². The molecule has 0 aromatic heterocycles. The molecule has 0 heterocycles. The van der Waals surface area contributed by atoms with Gasteiger partial charge in [0.2, 0.25) is 5.91 Å². The van der Waals surface area contributed by atoms with E-state index in [0.717, 1.165) is 18.4 Å². The molecule has 0 radical (unpaired) electrons. The van der Waals surface area contributed by atoms with Crippen molar-refractivity contribution in [2.45, 2.75) is 18.9 Å². The summed E-state index contributed by atoms with van der Waals surface area (Å²) in [6.07, 6.45) is 5.28. The average Bonchev–Trinajstić information content (AvgIpc) is 3.39. The normalized spacial score (nSPS) is 13.7. The predicted octanol–water partition coefficient (Wildman–Crippen LogP) is 3.88. The van der Waals surface area contributed by atoms with Gasteiger partial charge in [-0.05, 0) is 60.9 Å². The largest absolute Gasteiger partial charge is 0.349 e. The van der Waals surface area contributed by atoms with E-state index in [-0.39, 0.29) is 11.8 Å². The number of nitrogens with one attached hydrogen (secondary N) is 2. The summed E-state index contributed by atoms with van der Waals surface area (Å²) in [6.45, 7) is 0. The minimum Gasteiger partial charge on any atom is -0.349 e. The lowest BCUT2D eigenvalue weighted by molar-refractivity contribution is -0.111. The molecule has 1 aliphatic rings. The summed E-state index contributed by atoms with van der Waals surface area (Å²) in [5, 5.41) is 6.31. The van der Waals surface area contributed by atoms with E-state index < -0.39 is 0 Å². The summed E-state index contributed by atoms with van der Waals surface area (Å²) in [6, 6.07) is 14.4. The first-order chi connectivity index (χ1) is 11.6. The van der Waals surface area contributed by atoms with Gasteiger partial charge in [0, 0.05) is 28.4 Å². The highest BCUT2D eigenvalue weighted by Gasteiger charge is 2.23. The second kappa shape index (κ2) is 7.32. The number of rotatable bonds is 5. The first-order valence-electron chi connectivity index (χ1n) is 7.76. The molecule has 1 saturated carbocycles. The van der Waals surface area contributed by atoms with Crippen LogP contribution < -0.4 is 10.6 Å². The molecule has 0 atom stereocenters. The van der Waals surface area contributed by atoms with E-state index in [1.54, 1.807) is 42.5 Å². The van der Waals surface area contributed by atoms with Crippen molar-refractivity contribution in [3.8, 4) is 0 Å². The summed E-state index contributed by atoms with van der Waals surface area (Å²) >= 11 is 5.80. The lowest BCUT2D eigenvalue weighted by Gasteiger charge is -2.03. The summed E-state index contributed by atoms with van der Waals surface area (Å²) in [5.41, 5.74) is 2.16. The molecule has 4 nitrogen and oxygen atoms in total. The quantitative estimate of drug-likeness (QED) is 0.811. The van der Waals surface area contributed by atoms with Crippen LogP contribution in [0.4, 0.5) is 5.69 Å². The maximum Gasteiger partial charge on any atom is 0.251 e. The van der Waals surface area contributed by atoms with E-state index in [1.807, 2.05) is 12.1 Å². The Morgan fingerprint density at radius 3 is 2.29 bits per heavy atom. The molecule has 2 aromatic rings. The fourth-order valence-electron chi connectivity index (χ4n) is 2.13. The predicted molar refractivity (Wildman–Crippen MR) is 96.0 cm³/mol. The van der Waals surface area contributed by atoms with Gasteiger partial charge in [-0.1, -0.05) is 23.7 Å². The molecule has 0 saturated heterocycles. The van der Waals surface area contributed by atoms with E-state index >= 15 is 0 Å². The van der Waals surface area contributed by atoms with Gasteiger partial charge in [-0.2, -0.15) is 0 Å². The van der Waals surface area contributed by atoms with Gasteiger partial charge in [-0.3, -0.25) is 9.59 Å². The van der Waals surface area contributed by atoms with E-state index in [2.05, 4.69) is 10.6 Å². The zero-order valence-electron chi connectivity index (χ0n) is 13.0. The molecule has 1 aliphatic carbocycles. The number of hydrogen-bond donors (Lipinski definition) is 2. The molecule has 0 spiro atoms. The highest BCUT2D eigenvalue weighted by molar-refractivity contribution is 6.30. The molecule has 2 aromatic carbocycles. The molecular formula is C19H17ClN2O2. The van der Waals surface area contributed by atoms with Crippen LogP contribution in [0.1, 0.15) is 28.8 Å². The van der Waals surface area contributed by atoms with Crippen molar-refractivity contribution in [3.05, 3.63) is 70.8 Å². The van der Waals surface area contributed by atoms with Crippen molar-refractivity contribution >= 4 is 35.2 Å². The van der Waals surface area contributed by atoms with Crippen molar-refractivity contribution in [2.24, 2.45) is 0 Å². The zero-order valence-corrected chi connectivity index (χ0v) is 13.7. The fraction of sp³-hybridized carbons (Fsp3) is 0.158. The van der Waals surface area contributed by atoms with Crippen molar-refractivity contribution < 1.29 is 9.59 Å². The number of halogens is 1. The Labute approximate surface area is 145 Å². The van der Waals surface area contributed by atoms with Gasteiger partial charge in [-0.25, -0.2) is 0 Å². The van der Waals surface area contributed by atoms with Gasteiger partial charge in [0.15, 0.2) is 0 Å². The zero-order chi connectivity index (χ0) is 16.9. The summed E-state index contributed by atoms with van der Waals surface area (Å²) in [7, 11) is 0. The van der Waals surface area contributed by atoms with Crippen molar-refractivity contribution in [1.82, 2.24) is 5.32 Å². The molecule has 122 valence electrons. The molecule has 5 heteroatoms. The van der Waals surface area contributed by atoms with Crippen LogP contribution in [-0.4, -0.2) is 17.9 Å². The van der Waals surface area contributed by atoms with Gasteiger partial charge < -0.3 is 10.6 Å². The number of hydrogen-bond acceptors (Lipinski definition) is 2. The monoisotopic (exact) mass is 340 g/mol. The fourth-order valence-corrected chi connectivity index (χ4v) is 2.26. The molecular weight excluding hydrogens is 324 g/mol. The van der Waals surface area contributed by atoms with Crippen LogP contribution in [0.15, 0.2) is 54.6 Å². The number of carbonyl (C=O) groups is 2. The average molecular weight is 341 g/mol. The van der Waals surface area contributed by atoms with Crippen molar-refractivity contribution in [1.29, 1.82) is 0 Å². The number of amides is 2. The topological polar surface area (TPSA) is 58.2 Å². The van der Waals surface area contributed by atoms with Crippen LogP contribution in [0.25, 0.3) is 6.08 Å². The highest BCUT2D eigenvalue weighted by atomic mass is 35.5. The standard InChI is InChI=1S/C19H17ClN2O2/c20-15-6-8-16(9-7-15)21-18(23)12-3-13-1-4-14(5-2-13)19(24)22-17-10-11-17/h1-9,12,17H,10-11H2,(H,21,23)(H,22,24)/b12-3+. The third-order valence-electron chi connectivity index (χ3n) is 3.62. The molecule has 0 aliphatic heterocycles. The highest BCUT2D eigenvalue weighted by Crippen LogP contribution is 2.19. The molecule has 2 N–H and O–H groups in total. The Kier molecular flexibility index (Phi) is 4.96. The smallest absolute Gasteiger partial charge is 0.251 e. The number of benzene rings is 2. The Bertz CT molecular complexity index is 763. The Morgan fingerprint density at radius 1 is 1.00 bits per heavy atom. The Hall–Kier alpha value is -2.59. The molecule has 24 heavy (non-hydrogen) atoms. The summed E-state index contributed by atoms with van der Waals surface area (Å²) in [4.78, 5) is 23.8. The van der Waals surface area contributed by atoms with E-state index in [0.29, 0.717) is 22.3 Å². The lowest BCUT2D eigenvalue weighted by atomic mass is 10.1. The second-order valence-electron chi connectivity index (χ2n) is 5.70. The van der Waals surface area contributed by atoms with Crippen molar-refractivity contribution in [3.63, 3.8) is 0 Å². The van der Waals surface area contributed by atoms with Gasteiger partial charge in [0.1, 0.15) is 0 Å². The van der Waals surface area contributed by atoms with Crippen LogP contribution in [0.5, 0.6) is 0 Å². The van der Waals surface area contributed by atoms with Gasteiger partial charge in [0.25, 0.3) is 5.91 Å². The number of anilines is 1. The SMILES string of the molecule is O=C(/C=C/c1ccc(C(=O)NC2CC2)cc1)Nc1ccc(Cl)cc1. The van der Waals surface area contributed by atoms with Gasteiger partial charge >= 0.3 is 0 Å². The van der Waals surface area contributed by atoms with E-state index in [1.165, 1.54) is 6.08 Å². The molecule has 1 fully saturated rings. The van der Waals surface area contributed by atoms with Crippen LogP contribution in [0.3, 0.4) is 0 Å². The maximum atomic E-state index is 11.9. The lowest BCUT2D eigenvalue weighted by Crippen LogP contribution is -2.25. The van der Waals surface area contributed by atoms with Crippen LogP contribution >= 0.6 is 11.6 Å². The Balaban J connectivity index is 1.56. The Morgan fingerprint density at radius 2 is 1.67 bits per heavy atom. The first-order valence-corrected chi connectivity index (χ1v) is 8.13. The van der Waals surface area contributed by atoms with E-state index in [9.17, 15) is 9.59 Å². The molecule has 0 bridgehead atoms. The molecule has 2 amide bonds. The minimum atomic E-state index is -0.229. The molecule has 0 unspecified atom stereocenters. The van der Waals surface area contributed by atoms with Crippen LogP contribution in [0.2, 0.25) is 5.02 Å². The number of carbonyl (C=O) groups excluding carboxylic acids is 2. The third kappa shape index (κ3) is 4.70. The summed E-state index contributed by atoms with van der Waals surface area (Å²) in [5.74, 6) is -0.276. The summed E-state index contributed by atoms with van der Waals surface area (Å²) < 4.78 is 0. The second-order valence-corrected chi connectivity index (χ2v) is 6.14. The first kappa shape index (κ1) is 16.3. The van der Waals surface area contributed by atoms with Crippen LogP contribution in [0, 0.1) is 0 Å². The minimum absolute atomic E-state index is 0.0477. The van der Waals surface area contributed by atoms with Gasteiger partial charge in [-0.15, -0.1) is 0 Å².